The highest BCUT2D eigenvalue weighted by Crippen LogP contribution is 2.10. The summed E-state index contributed by atoms with van der Waals surface area (Å²) in [7, 11) is 1.60. The Bertz CT molecular complexity index is 557. The third-order valence-electron chi connectivity index (χ3n) is 3.94. The number of nitrogens with zero attached hydrogens (tertiary/aromatic N) is 2. The molecular weight excluding hydrogens is 313 g/mol. The zero-order chi connectivity index (χ0) is 17.5. The van der Waals surface area contributed by atoms with E-state index in [1.165, 1.54) is 24.3 Å². The Morgan fingerprint density at radius 2 is 1.83 bits per heavy atom. The number of rotatable bonds is 6. The Morgan fingerprint density at radius 3 is 2.42 bits per heavy atom. The average Bonchev–Trinajstić information content (AvgIpc) is 2.55. The van der Waals surface area contributed by atoms with Crippen LogP contribution in [0.3, 0.4) is 0 Å². The van der Waals surface area contributed by atoms with Crippen molar-refractivity contribution in [3.05, 3.63) is 35.6 Å². The Labute approximate surface area is 141 Å². The largest absolute Gasteiger partial charge is 0.383 e. The van der Waals surface area contributed by atoms with Crippen molar-refractivity contribution in [3.8, 4) is 0 Å². The smallest absolute Gasteiger partial charge is 0.253 e. The quantitative estimate of drug-likeness (QED) is 0.832. The highest BCUT2D eigenvalue weighted by Gasteiger charge is 2.23. The number of halogens is 1. The van der Waals surface area contributed by atoms with Gasteiger partial charge < -0.3 is 15.0 Å². The highest BCUT2D eigenvalue weighted by molar-refractivity contribution is 5.94. The second-order valence-corrected chi connectivity index (χ2v) is 6.00. The van der Waals surface area contributed by atoms with Crippen molar-refractivity contribution in [2.45, 2.75) is 13.0 Å². The lowest BCUT2D eigenvalue weighted by molar-refractivity contribution is -0.123. The van der Waals surface area contributed by atoms with Crippen molar-refractivity contribution in [3.63, 3.8) is 0 Å². The molecule has 1 aromatic carbocycles. The van der Waals surface area contributed by atoms with Crippen LogP contribution in [0.1, 0.15) is 17.3 Å². The molecule has 0 aromatic heterocycles. The summed E-state index contributed by atoms with van der Waals surface area (Å²) in [5.41, 5.74) is 0.482. The SMILES string of the molecule is COCC(C)NC(=O)CN1CCN(C(=O)c2ccc(F)cc2)CC1. The van der Waals surface area contributed by atoms with E-state index in [1.54, 1.807) is 12.0 Å². The van der Waals surface area contributed by atoms with Gasteiger partial charge in [0.05, 0.1) is 13.2 Å². The van der Waals surface area contributed by atoms with Crippen LogP contribution >= 0.6 is 0 Å². The summed E-state index contributed by atoms with van der Waals surface area (Å²) < 4.78 is 17.9. The first kappa shape index (κ1) is 18.4. The zero-order valence-electron chi connectivity index (χ0n) is 14.1. The van der Waals surface area contributed by atoms with Crippen LogP contribution in [0.25, 0.3) is 0 Å². The van der Waals surface area contributed by atoms with Crippen LogP contribution in [0.4, 0.5) is 4.39 Å². The summed E-state index contributed by atoms with van der Waals surface area (Å²) in [6.07, 6.45) is 0. The summed E-state index contributed by atoms with van der Waals surface area (Å²) in [6, 6.07) is 5.54. The molecule has 0 saturated carbocycles. The average molecular weight is 337 g/mol. The maximum absolute atomic E-state index is 12.9. The molecule has 1 aliphatic rings. The third kappa shape index (κ3) is 5.28. The number of benzene rings is 1. The molecule has 1 atom stereocenters. The van der Waals surface area contributed by atoms with Gasteiger partial charge in [-0.2, -0.15) is 0 Å². The van der Waals surface area contributed by atoms with Gasteiger partial charge in [-0.1, -0.05) is 0 Å². The topological polar surface area (TPSA) is 61.9 Å². The number of carbonyl (C=O) groups is 2. The lowest BCUT2D eigenvalue weighted by Crippen LogP contribution is -2.52. The molecule has 1 aromatic rings. The first-order chi connectivity index (χ1) is 11.5. The van der Waals surface area contributed by atoms with Gasteiger partial charge in [-0.05, 0) is 31.2 Å². The van der Waals surface area contributed by atoms with E-state index in [1.807, 2.05) is 11.8 Å². The highest BCUT2D eigenvalue weighted by atomic mass is 19.1. The van der Waals surface area contributed by atoms with Gasteiger partial charge in [-0.15, -0.1) is 0 Å². The maximum atomic E-state index is 12.9. The molecule has 132 valence electrons. The van der Waals surface area contributed by atoms with Crippen LogP contribution in [0.2, 0.25) is 0 Å². The van der Waals surface area contributed by atoms with Gasteiger partial charge in [0.2, 0.25) is 5.91 Å². The fraction of sp³-hybridized carbons (Fsp3) is 0.529. The molecule has 0 spiro atoms. The van der Waals surface area contributed by atoms with Gasteiger partial charge in [0.25, 0.3) is 5.91 Å². The third-order valence-corrected chi connectivity index (χ3v) is 3.94. The molecule has 1 N–H and O–H groups in total. The van der Waals surface area contributed by atoms with Crippen LogP contribution in [-0.4, -0.2) is 74.1 Å². The van der Waals surface area contributed by atoms with Crippen molar-refractivity contribution >= 4 is 11.8 Å². The van der Waals surface area contributed by atoms with E-state index < -0.39 is 0 Å². The molecule has 1 heterocycles. The molecule has 6 nitrogen and oxygen atoms in total. The van der Waals surface area contributed by atoms with Crippen molar-refractivity contribution in [1.29, 1.82) is 0 Å². The Balaban J connectivity index is 1.77. The van der Waals surface area contributed by atoms with Crippen LogP contribution in [0, 0.1) is 5.82 Å². The molecule has 1 saturated heterocycles. The molecule has 1 fully saturated rings. The Morgan fingerprint density at radius 1 is 1.21 bits per heavy atom. The molecular formula is C17H24FN3O3. The van der Waals surface area contributed by atoms with Crippen LogP contribution < -0.4 is 5.32 Å². The van der Waals surface area contributed by atoms with E-state index in [4.69, 9.17) is 4.74 Å². The van der Waals surface area contributed by atoms with E-state index in [-0.39, 0.29) is 23.7 Å². The van der Waals surface area contributed by atoms with Crippen LogP contribution in [0.5, 0.6) is 0 Å². The number of piperazine rings is 1. The summed E-state index contributed by atoms with van der Waals surface area (Å²) in [6.45, 7) is 5.06. The first-order valence-electron chi connectivity index (χ1n) is 8.05. The predicted molar refractivity (Wildman–Crippen MR) is 88.2 cm³/mol. The predicted octanol–water partition coefficient (Wildman–Crippen LogP) is 0.735. The van der Waals surface area contributed by atoms with Crippen molar-refractivity contribution < 1.29 is 18.7 Å². The number of ether oxygens (including phenoxy) is 1. The van der Waals surface area contributed by atoms with Gasteiger partial charge in [-0.25, -0.2) is 4.39 Å². The summed E-state index contributed by atoms with van der Waals surface area (Å²) >= 11 is 0. The fourth-order valence-electron chi connectivity index (χ4n) is 2.70. The minimum absolute atomic E-state index is 0.0242. The number of amides is 2. The molecule has 1 aliphatic heterocycles. The number of hydrogen-bond donors (Lipinski definition) is 1. The van der Waals surface area contributed by atoms with Crippen LogP contribution in [0.15, 0.2) is 24.3 Å². The first-order valence-corrected chi connectivity index (χ1v) is 8.05. The number of carbonyl (C=O) groups excluding carboxylic acids is 2. The van der Waals surface area contributed by atoms with Gasteiger partial charge in [0.15, 0.2) is 0 Å². The fourth-order valence-corrected chi connectivity index (χ4v) is 2.70. The van der Waals surface area contributed by atoms with Crippen molar-refractivity contribution in [2.24, 2.45) is 0 Å². The van der Waals surface area contributed by atoms with Crippen molar-refractivity contribution in [1.82, 2.24) is 15.1 Å². The maximum Gasteiger partial charge on any atom is 0.253 e. The molecule has 7 heteroatoms. The summed E-state index contributed by atoms with van der Waals surface area (Å²) in [4.78, 5) is 28.0. The second kappa shape index (κ2) is 8.75. The standard InChI is InChI=1S/C17H24FN3O3/c1-13(12-24-2)19-16(22)11-20-7-9-21(10-8-20)17(23)14-3-5-15(18)6-4-14/h3-6,13H,7-12H2,1-2H3,(H,19,22). The van der Waals surface area contributed by atoms with Crippen LogP contribution in [-0.2, 0) is 9.53 Å². The van der Waals surface area contributed by atoms with E-state index in [2.05, 4.69) is 5.32 Å². The van der Waals surface area contributed by atoms with E-state index in [9.17, 15) is 14.0 Å². The number of methoxy groups -OCH3 is 1. The molecule has 24 heavy (non-hydrogen) atoms. The van der Waals surface area contributed by atoms with Gasteiger partial charge >= 0.3 is 0 Å². The van der Waals surface area contributed by atoms with Crippen molar-refractivity contribution in [2.75, 3.05) is 46.4 Å². The lowest BCUT2D eigenvalue weighted by Gasteiger charge is -2.34. The molecule has 0 aliphatic carbocycles. The molecule has 2 amide bonds. The second-order valence-electron chi connectivity index (χ2n) is 6.00. The minimum atomic E-state index is -0.356. The minimum Gasteiger partial charge on any atom is -0.383 e. The number of nitrogens with one attached hydrogen (secondary N) is 1. The molecule has 1 unspecified atom stereocenters. The van der Waals surface area contributed by atoms with Gasteiger partial charge in [-0.3, -0.25) is 14.5 Å². The summed E-state index contributed by atoms with van der Waals surface area (Å²) in [5.74, 6) is -0.504. The van der Waals surface area contributed by atoms with Gasteiger partial charge in [0.1, 0.15) is 5.82 Å². The molecule has 2 rings (SSSR count). The monoisotopic (exact) mass is 337 g/mol. The normalized spacial score (nSPS) is 16.7. The Hall–Kier alpha value is -1.99. The lowest BCUT2D eigenvalue weighted by atomic mass is 10.2. The Kier molecular flexibility index (Phi) is 6.69. The van der Waals surface area contributed by atoms with E-state index in [0.29, 0.717) is 44.9 Å². The van der Waals surface area contributed by atoms with E-state index in [0.717, 1.165) is 0 Å². The zero-order valence-corrected chi connectivity index (χ0v) is 14.1. The summed E-state index contributed by atoms with van der Waals surface area (Å²) in [5, 5.41) is 2.87. The van der Waals surface area contributed by atoms with Gasteiger partial charge in [0, 0.05) is 44.9 Å². The molecule has 0 bridgehead atoms. The number of hydrogen-bond acceptors (Lipinski definition) is 4. The molecule has 0 radical (unpaired) electrons. The van der Waals surface area contributed by atoms with E-state index >= 15 is 0 Å².